The maximum atomic E-state index is 12.0. The first-order chi connectivity index (χ1) is 9.78. The van der Waals surface area contributed by atoms with Crippen molar-refractivity contribution in [3.8, 4) is 0 Å². The van der Waals surface area contributed by atoms with E-state index in [0.29, 0.717) is 5.76 Å². The van der Waals surface area contributed by atoms with Crippen LogP contribution in [0.4, 0.5) is 9.59 Å². The van der Waals surface area contributed by atoms with Gasteiger partial charge in [-0.1, -0.05) is 0 Å². The minimum Gasteiger partial charge on any atom is -0.546 e. The lowest BCUT2D eigenvalue weighted by atomic mass is 10.3. The molecule has 21 heavy (non-hydrogen) atoms. The van der Waals surface area contributed by atoms with Gasteiger partial charge in [-0.05, 0) is 39.6 Å². The molecule has 0 saturated heterocycles. The highest BCUT2D eigenvalue weighted by atomic mass is 28.4. The van der Waals surface area contributed by atoms with Gasteiger partial charge in [0.1, 0.15) is 6.54 Å². The molecule has 0 radical (unpaired) electrons. The third kappa shape index (κ3) is 5.29. The van der Waals surface area contributed by atoms with E-state index >= 15 is 0 Å². The Balaban J connectivity index is 2.88. The van der Waals surface area contributed by atoms with Crippen LogP contribution in [0.5, 0.6) is 0 Å². The molecule has 0 aliphatic carbocycles. The zero-order valence-corrected chi connectivity index (χ0v) is 14.3. The van der Waals surface area contributed by atoms with Gasteiger partial charge in [0, 0.05) is 0 Å². The predicted molar refractivity (Wildman–Crippen MR) is 80.0 cm³/mol. The van der Waals surface area contributed by atoms with Gasteiger partial charge in [0.15, 0.2) is 0 Å². The van der Waals surface area contributed by atoms with E-state index in [-0.39, 0.29) is 26.3 Å². The van der Waals surface area contributed by atoms with Crippen molar-refractivity contribution in [2.24, 2.45) is 0 Å². The summed E-state index contributed by atoms with van der Waals surface area (Å²) in [6, 6.07) is 0. The highest BCUT2D eigenvalue weighted by Gasteiger charge is 2.33. The smallest absolute Gasteiger partial charge is 0.429 e. The van der Waals surface area contributed by atoms with Crippen LogP contribution in [0.2, 0.25) is 19.6 Å². The van der Waals surface area contributed by atoms with Crippen molar-refractivity contribution in [1.82, 2.24) is 10.0 Å². The molecule has 0 aromatic rings. The van der Waals surface area contributed by atoms with Crippen molar-refractivity contribution in [2.45, 2.75) is 33.5 Å². The number of rotatable bonds is 4. The van der Waals surface area contributed by atoms with Gasteiger partial charge in [-0.25, -0.2) is 19.6 Å². The monoisotopic (exact) mass is 316 g/mol. The molecule has 0 spiro atoms. The third-order valence-corrected chi connectivity index (χ3v) is 3.36. The summed E-state index contributed by atoms with van der Waals surface area (Å²) in [6.07, 6.45) is 0.634. The topological polar surface area (TPSA) is 68.3 Å². The van der Waals surface area contributed by atoms with E-state index in [4.69, 9.17) is 13.9 Å². The van der Waals surface area contributed by atoms with E-state index in [1.807, 2.05) is 0 Å². The van der Waals surface area contributed by atoms with E-state index in [0.717, 1.165) is 0 Å². The quantitative estimate of drug-likeness (QED) is 0.746. The first kappa shape index (κ1) is 17.3. The maximum Gasteiger partial charge on any atom is 0.429 e. The summed E-state index contributed by atoms with van der Waals surface area (Å²) in [5.74, 6) is 0.683. The predicted octanol–water partition coefficient (Wildman–Crippen LogP) is 2.57. The molecule has 1 aliphatic heterocycles. The Hall–Kier alpha value is -1.70. The maximum absolute atomic E-state index is 12.0. The van der Waals surface area contributed by atoms with Crippen LogP contribution in [0.3, 0.4) is 0 Å². The average Bonchev–Trinajstić information content (AvgIpc) is 2.37. The summed E-state index contributed by atoms with van der Waals surface area (Å²) in [4.78, 5) is 23.9. The molecule has 0 aromatic carbocycles. The van der Waals surface area contributed by atoms with Crippen molar-refractivity contribution in [1.29, 1.82) is 0 Å². The Morgan fingerprint density at radius 3 is 2.10 bits per heavy atom. The molecule has 8 heteroatoms. The molecule has 1 heterocycles. The number of amides is 2. The number of hydrogen-bond acceptors (Lipinski definition) is 5. The Morgan fingerprint density at radius 1 is 1.10 bits per heavy atom. The molecular formula is C13H24N2O5Si. The standard InChI is InChI=1S/C13H24N2O5Si/c1-6-18-12(16)14-9-8-11(20-21(3,4)5)10-15(14)13(17)19-7-2/h8H,6-7,9-10H2,1-5H3. The molecule has 1 rings (SSSR count). The van der Waals surface area contributed by atoms with E-state index in [1.165, 1.54) is 10.0 Å². The summed E-state index contributed by atoms with van der Waals surface area (Å²) in [5.41, 5.74) is 0. The van der Waals surface area contributed by atoms with Gasteiger partial charge in [-0.2, -0.15) is 0 Å². The normalized spacial score (nSPS) is 15.4. The number of hydrazine groups is 1. The highest BCUT2D eigenvalue weighted by Crippen LogP contribution is 2.19. The van der Waals surface area contributed by atoms with Crippen molar-refractivity contribution >= 4 is 20.5 Å². The van der Waals surface area contributed by atoms with E-state index < -0.39 is 20.5 Å². The molecule has 1 aliphatic rings. The van der Waals surface area contributed by atoms with Gasteiger partial charge in [-0.15, -0.1) is 0 Å². The summed E-state index contributed by atoms with van der Waals surface area (Å²) in [7, 11) is -1.77. The average molecular weight is 316 g/mol. The molecule has 0 bridgehead atoms. The van der Waals surface area contributed by atoms with Crippen molar-refractivity contribution in [3.05, 3.63) is 11.8 Å². The second-order valence-corrected chi connectivity index (χ2v) is 9.85. The van der Waals surface area contributed by atoms with Crippen LogP contribution in [0.1, 0.15) is 13.8 Å². The number of nitrogens with zero attached hydrogens (tertiary/aromatic N) is 2. The van der Waals surface area contributed by atoms with Crippen LogP contribution < -0.4 is 0 Å². The summed E-state index contributed by atoms with van der Waals surface area (Å²) < 4.78 is 15.8. The summed E-state index contributed by atoms with van der Waals surface area (Å²) >= 11 is 0. The first-order valence-electron chi connectivity index (χ1n) is 7.05. The SMILES string of the molecule is CCOC(=O)N1CC=C(O[Si](C)(C)C)CN1C(=O)OCC. The number of hydrogen-bond donors (Lipinski definition) is 0. The highest BCUT2D eigenvalue weighted by molar-refractivity contribution is 6.70. The molecule has 120 valence electrons. The van der Waals surface area contributed by atoms with Gasteiger partial charge in [0.2, 0.25) is 8.32 Å². The lowest BCUT2D eigenvalue weighted by Crippen LogP contribution is -2.53. The zero-order valence-electron chi connectivity index (χ0n) is 13.3. The van der Waals surface area contributed by atoms with Crippen LogP contribution in [0.25, 0.3) is 0 Å². The molecule has 0 aromatic heterocycles. The van der Waals surface area contributed by atoms with Gasteiger partial charge in [0.25, 0.3) is 0 Å². The molecule has 0 saturated carbocycles. The van der Waals surface area contributed by atoms with Crippen molar-refractivity contribution < 1.29 is 23.5 Å². The Bertz CT molecular complexity index is 419. The molecule has 0 N–H and O–H groups in total. The van der Waals surface area contributed by atoms with Crippen LogP contribution in [0, 0.1) is 0 Å². The summed E-state index contributed by atoms with van der Waals surface area (Å²) in [6.45, 7) is 10.5. The molecule has 0 atom stereocenters. The van der Waals surface area contributed by atoms with Gasteiger partial charge >= 0.3 is 12.2 Å². The minimum atomic E-state index is -1.77. The second kappa shape index (κ2) is 7.35. The Morgan fingerprint density at radius 2 is 1.62 bits per heavy atom. The number of carbonyl (C=O) groups is 2. The largest absolute Gasteiger partial charge is 0.546 e. The lowest BCUT2D eigenvalue weighted by Gasteiger charge is -2.37. The molecular weight excluding hydrogens is 292 g/mol. The van der Waals surface area contributed by atoms with Gasteiger partial charge in [0.05, 0.1) is 25.5 Å². The van der Waals surface area contributed by atoms with Crippen molar-refractivity contribution in [2.75, 3.05) is 26.3 Å². The first-order valence-corrected chi connectivity index (χ1v) is 10.5. The molecule has 7 nitrogen and oxygen atoms in total. The van der Waals surface area contributed by atoms with Crippen LogP contribution in [0.15, 0.2) is 11.8 Å². The van der Waals surface area contributed by atoms with E-state index in [2.05, 4.69) is 19.6 Å². The Kier molecular flexibility index (Phi) is 6.07. The molecule has 2 amide bonds. The fourth-order valence-corrected chi connectivity index (χ4v) is 2.72. The fourth-order valence-electron chi connectivity index (χ4n) is 1.78. The zero-order chi connectivity index (χ0) is 16.0. The number of ether oxygens (including phenoxy) is 2. The van der Waals surface area contributed by atoms with Crippen LogP contribution in [-0.4, -0.2) is 56.8 Å². The van der Waals surface area contributed by atoms with E-state index in [1.54, 1.807) is 19.9 Å². The number of carbonyl (C=O) groups excluding carboxylic acids is 2. The lowest BCUT2D eigenvalue weighted by molar-refractivity contribution is -0.0193. The molecule has 0 fully saturated rings. The van der Waals surface area contributed by atoms with Crippen molar-refractivity contribution in [3.63, 3.8) is 0 Å². The summed E-state index contributed by atoms with van der Waals surface area (Å²) in [5, 5.41) is 2.44. The van der Waals surface area contributed by atoms with Crippen LogP contribution in [-0.2, 0) is 13.9 Å². The second-order valence-electron chi connectivity index (χ2n) is 5.42. The van der Waals surface area contributed by atoms with Gasteiger partial charge in [-0.3, -0.25) is 0 Å². The van der Waals surface area contributed by atoms with Gasteiger partial charge < -0.3 is 13.9 Å². The Labute approximate surface area is 126 Å². The minimum absolute atomic E-state index is 0.169. The third-order valence-electron chi connectivity index (χ3n) is 2.48. The fraction of sp³-hybridized carbons (Fsp3) is 0.692. The molecule has 0 unspecified atom stereocenters. The van der Waals surface area contributed by atoms with E-state index in [9.17, 15) is 9.59 Å². The van der Waals surface area contributed by atoms with Crippen LogP contribution >= 0.6 is 0 Å².